The van der Waals surface area contributed by atoms with Crippen molar-refractivity contribution >= 4 is 15.7 Å². The predicted octanol–water partition coefficient (Wildman–Crippen LogP) is 4.97. The van der Waals surface area contributed by atoms with Gasteiger partial charge in [-0.3, -0.25) is 4.31 Å². The van der Waals surface area contributed by atoms with Gasteiger partial charge in [-0.1, -0.05) is 30.3 Å². The molecule has 29 heavy (non-hydrogen) atoms. The Balaban J connectivity index is 2.17. The van der Waals surface area contributed by atoms with Crippen molar-refractivity contribution in [1.29, 1.82) is 0 Å². The second-order valence-electron chi connectivity index (χ2n) is 6.71. The summed E-state index contributed by atoms with van der Waals surface area (Å²) in [6, 6.07) is 20.9. The molecule has 6 heteroatoms. The first-order valence-electron chi connectivity index (χ1n) is 9.26. The van der Waals surface area contributed by atoms with Crippen LogP contribution in [0.25, 0.3) is 0 Å². The van der Waals surface area contributed by atoms with Gasteiger partial charge < -0.3 is 9.47 Å². The molecule has 0 heterocycles. The Kier molecular flexibility index (Phi) is 6.13. The average molecular weight is 412 g/mol. The molecule has 0 aliphatic rings. The number of hydrogen-bond acceptors (Lipinski definition) is 4. The summed E-state index contributed by atoms with van der Waals surface area (Å²) in [4.78, 5) is 0.196. The van der Waals surface area contributed by atoms with Crippen LogP contribution in [0.1, 0.15) is 24.1 Å². The lowest BCUT2D eigenvalue weighted by atomic mass is 10.0. The van der Waals surface area contributed by atoms with Gasteiger partial charge in [0.25, 0.3) is 10.0 Å². The monoisotopic (exact) mass is 411 g/mol. The number of methoxy groups -OCH3 is 2. The second-order valence-corrected chi connectivity index (χ2v) is 8.53. The summed E-state index contributed by atoms with van der Waals surface area (Å²) in [7, 11) is -0.736. The summed E-state index contributed by atoms with van der Waals surface area (Å²) in [5.41, 5.74) is 2.50. The lowest BCUT2D eigenvalue weighted by Crippen LogP contribution is -2.34. The molecule has 0 radical (unpaired) electrons. The van der Waals surface area contributed by atoms with Gasteiger partial charge in [0.15, 0.2) is 0 Å². The Hall–Kier alpha value is -2.99. The molecule has 0 fully saturated rings. The molecular weight excluding hydrogens is 386 g/mol. The van der Waals surface area contributed by atoms with Crippen LogP contribution in [0, 0.1) is 6.92 Å². The zero-order valence-electron chi connectivity index (χ0n) is 17.0. The van der Waals surface area contributed by atoms with E-state index in [1.165, 1.54) is 4.31 Å². The van der Waals surface area contributed by atoms with Crippen LogP contribution in [-0.2, 0) is 10.0 Å². The van der Waals surface area contributed by atoms with Crippen molar-refractivity contribution in [3.63, 3.8) is 0 Å². The topological polar surface area (TPSA) is 55.8 Å². The summed E-state index contributed by atoms with van der Waals surface area (Å²) in [6.07, 6.45) is 0. The smallest absolute Gasteiger partial charge is 0.264 e. The van der Waals surface area contributed by atoms with Crippen molar-refractivity contribution in [3.8, 4) is 11.5 Å². The number of aryl methyl sites for hydroxylation is 1. The third-order valence-corrected chi connectivity index (χ3v) is 6.83. The summed E-state index contributed by atoms with van der Waals surface area (Å²) < 4.78 is 39.3. The number of ether oxygens (including phenoxy) is 2. The highest BCUT2D eigenvalue weighted by Gasteiger charge is 2.31. The molecule has 0 saturated carbocycles. The van der Waals surface area contributed by atoms with Crippen molar-refractivity contribution < 1.29 is 17.9 Å². The van der Waals surface area contributed by atoms with E-state index in [0.29, 0.717) is 17.2 Å². The number of nitrogens with zero attached hydrogens (tertiary/aromatic N) is 1. The van der Waals surface area contributed by atoms with Gasteiger partial charge in [-0.15, -0.1) is 0 Å². The van der Waals surface area contributed by atoms with Gasteiger partial charge in [0.05, 0.1) is 30.8 Å². The van der Waals surface area contributed by atoms with Gasteiger partial charge in [-0.25, -0.2) is 8.42 Å². The highest BCUT2D eigenvalue weighted by molar-refractivity contribution is 7.92. The average Bonchev–Trinajstić information content (AvgIpc) is 2.74. The number of anilines is 1. The maximum Gasteiger partial charge on any atom is 0.264 e. The quantitative estimate of drug-likeness (QED) is 0.551. The largest absolute Gasteiger partial charge is 0.497 e. The molecule has 0 aliphatic carbocycles. The number of sulfonamides is 1. The molecule has 3 aromatic carbocycles. The van der Waals surface area contributed by atoms with E-state index in [4.69, 9.17) is 9.47 Å². The Morgan fingerprint density at radius 3 is 2.10 bits per heavy atom. The molecule has 0 aromatic heterocycles. The molecule has 0 spiro atoms. The summed E-state index contributed by atoms with van der Waals surface area (Å²) in [6.45, 7) is 3.87. The fourth-order valence-electron chi connectivity index (χ4n) is 3.36. The van der Waals surface area contributed by atoms with E-state index in [-0.39, 0.29) is 4.90 Å². The van der Waals surface area contributed by atoms with Gasteiger partial charge in [0.2, 0.25) is 0 Å². The zero-order chi connectivity index (χ0) is 21.0. The molecule has 1 atom stereocenters. The minimum absolute atomic E-state index is 0.196. The van der Waals surface area contributed by atoms with E-state index in [9.17, 15) is 8.42 Å². The van der Waals surface area contributed by atoms with Crippen LogP contribution in [0.3, 0.4) is 0 Å². The SMILES string of the molecule is COc1ccc(S(=O)(=O)N(c2cccc(OC)c2)C(C)c2ccccc2C)cc1. The van der Waals surface area contributed by atoms with Gasteiger partial charge in [-0.2, -0.15) is 0 Å². The van der Waals surface area contributed by atoms with Crippen LogP contribution in [-0.4, -0.2) is 22.6 Å². The second kappa shape index (κ2) is 8.57. The Labute approximate surface area is 172 Å². The lowest BCUT2D eigenvalue weighted by Gasteiger charge is -2.32. The highest BCUT2D eigenvalue weighted by atomic mass is 32.2. The van der Waals surface area contributed by atoms with Gasteiger partial charge in [0, 0.05) is 6.07 Å². The minimum Gasteiger partial charge on any atom is -0.497 e. The van der Waals surface area contributed by atoms with Crippen molar-refractivity contribution in [2.24, 2.45) is 0 Å². The van der Waals surface area contributed by atoms with Crippen molar-refractivity contribution in [3.05, 3.63) is 83.9 Å². The molecule has 3 rings (SSSR count). The van der Waals surface area contributed by atoms with E-state index in [1.54, 1.807) is 62.8 Å². The summed E-state index contributed by atoms with van der Waals surface area (Å²) in [5.74, 6) is 1.19. The van der Waals surface area contributed by atoms with Crippen molar-refractivity contribution in [2.45, 2.75) is 24.8 Å². The highest BCUT2D eigenvalue weighted by Crippen LogP contribution is 2.36. The van der Waals surface area contributed by atoms with Crippen LogP contribution in [0.2, 0.25) is 0 Å². The lowest BCUT2D eigenvalue weighted by molar-refractivity contribution is 0.414. The van der Waals surface area contributed by atoms with E-state index < -0.39 is 16.1 Å². The number of benzene rings is 3. The Bertz CT molecular complexity index is 1080. The molecule has 5 nitrogen and oxygen atoms in total. The van der Waals surface area contributed by atoms with Crippen LogP contribution in [0.5, 0.6) is 11.5 Å². The van der Waals surface area contributed by atoms with E-state index in [1.807, 2.05) is 38.1 Å². The molecule has 1 unspecified atom stereocenters. The molecule has 0 saturated heterocycles. The zero-order valence-corrected chi connectivity index (χ0v) is 17.8. The molecule has 152 valence electrons. The Morgan fingerprint density at radius 2 is 1.48 bits per heavy atom. The fourth-order valence-corrected chi connectivity index (χ4v) is 4.99. The van der Waals surface area contributed by atoms with Crippen molar-refractivity contribution in [2.75, 3.05) is 18.5 Å². The Morgan fingerprint density at radius 1 is 0.828 bits per heavy atom. The number of hydrogen-bond donors (Lipinski definition) is 0. The first-order valence-corrected chi connectivity index (χ1v) is 10.7. The predicted molar refractivity (Wildman–Crippen MR) is 115 cm³/mol. The minimum atomic E-state index is -3.85. The summed E-state index contributed by atoms with van der Waals surface area (Å²) >= 11 is 0. The van der Waals surface area contributed by atoms with Crippen molar-refractivity contribution in [1.82, 2.24) is 0 Å². The van der Waals surface area contributed by atoms with Crippen LogP contribution >= 0.6 is 0 Å². The molecule has 0 aliphatic heterocycles. The van der Waals surface area contributed by atoms with Crippen LogP contribution < -0.4 is 13.8 Å². The standard InChI is InChI=1S/C23H25NO4S/c1-17-8-5-6-11-23(17)18(2)24(19-9-7-10-21(16-19)28-4)29(25,26)22-14-12-20(27-3)13-15-22/h5-16,18H,1-4H3. The molecular formula is C23H25NO4S. The molecule has 0 amide bonds. The van der Waals surface area contributed by atoms with Gasteiger partial charge in [-0.05, 0) is 61.4 Å². The van der Waals surface area contributed by atoms with Gasteiger partial charge >= 0.3 is 0 Å². The third kappa shape index (κ3) is 4.22. The van der Waals surface area contributed by atoms with E-state index in [2.05, 4.69) is 0 Å². The van der Waals surface area contributed by atoms with Gasteiger partial charge in [0.1, 0.15) is 11.5 Å². The summed E-state index contributed by atoms with van der Waals surface area (Å²) in [5, 5.41) is 0. The fraction of sp³-hybridized carbons (Fsp3) is 0.217. The van der Waals surface area contributed by atoms with E-state index >= 15 is 0 Å². The maximum absolute atomic E-state index is 13.7. The van der Waals surface area contributed by atoms with Crippen LogP contribution in [0.4, 0.5) is 5.69 Å². The molecule has 0 bridgehead atoms. The molecule has 0 N–H and O–H groups in total. The first kappa shape index (κ1) is 20.7. The first-order chi connectivity index (χ1) is 13.9. The van der Waals surface area contributed by atoms with E-state index in [0.717, 1.165) is 11.1 Å². The third-order valence-electron chi connectivity index (χ3n) is 4.91. The molecule has 3 aromatic rings. The normalized spacial score (nSPS) is 12.3. The number of rotatable bonds is 7. The van der Waals surface area contributed by atoms with Crippen LogP contribution in [0.15, 0.2) is 77.7 Å². The maximum atomic E-state index is 13.7.